The molecular formula is C10H11FN4O2S. The van der Waals surface area contributed by atoms with E-state index in [1.54, 1.807) is 6.92 Å². The molecule has 4 N–H and O–H groups in total. The standard InChI is InChI=1S/C10H11FN4O2S/c1-6-4-10(14-13-6)15-18(16,17)9-3-2-7(11)5-8(9)12/h2-5H,12H2,1H3,(H2,13,14,15). The number of aromatic amines is 1. The van der Waals surface area contributed by atoms with Crippen molar-refractivity contribution in [2.45, 2.75) is 11.8 Å². The van der Waals surface area contributed by atoms with Crippen LogP contribution in [0.3, 0.4) is 0 Å². The average Bonchev–Trinajstić information content (AvgIpc) is 2.62. The van der Waals surface area contributed by atoms with Crippen LogP contribution < -0.4 is 10.5 Å². The number of nitrogens with one attached hydrogen (secondary N) is 2. The van der Waals surface area contributed by atoms with Gasteiger partial charge >= 0.3 is 0 Å². The quantitative estimate of drug-likeness (QED) is 0.730. The third-order valence-electron chi connectivity index (χ3n) is 2.21. The van der Waals surface area contributed by atoms with Crippen molar-refractivity contribution >= 4 is 21.5 Å². The summed E-state index contributed by atoms with van der Waals surface area (Å²) in [6.45, 7) is 1.73. The minimum atomic E-state index is -3.87. The number of nitrogens with two attached hydrogens (primary N) is 1. The van der Waals surface area contributed by atoms with E-state index in [1.807, 2.05) is 0 Å². The minimum absolute atomic E-state index is 0.149. The van der Waals surface area contributed by atoms with Gasteiger partial charge in [0, 0.05) is 11.8 Å². The Kier molecular flexibility index (Phi) is 2.95. The van der Waals surface area contributed by atoms with Gasteiger partial charge in [0.1, 0.15) is 10.7 Å². The molecule has 0 unspecified atom stereocenters. The number of nitrogen functional groups attached to an aromatic ring is 1. The molecule has 8 heteroatoms. The van der Waals surface area contributed by atoms with Crippen LogP contribution in [-0.4, -0.2) is 18.6 Å². The molecule has 0 aliphatic carbocycles. The fourth-order valence-electron chi connectivity index (χ4n) is 1.43. The Labute approximate surface area is 103 Å². The van der Waals surface area contributed by atoms with Gasteiger partial charge in [-0.15, -0.1) is 0 Å². The Bertz CT molecular complexity index is 681. The van der Waals surface area contributed by atoms with Crippen molar-refractivity contribution in [2.24, 2.45) is 0 Å². The van der Waals surface area contributed by atoms with E-state index < -0.39 is 15.8 Å². The Morgan fingerprint density at radius 1 is 1.39 bits per heavy atom. The van der Waals surface area contributed by atoms with Gasteiger partial charge in [0.15, 0.2) is 5.82 Å². The van der Waals surface area contributed by atoms with Crippen molar-refractivity contribution < 1.29 is 12.8 Å². The van der Waals surface area contributed by atoms with Gasteiger partial charge in [0.2, 0.25) is 0 Å². The molecule has 1 heterocycles. The van der Waals surface area contributed by atoms with Crippen molar-refractivity contribution in [3.8, 4) is 0 Å². The number of H-pyrrole nitrogens is 1. The summed E-state index contributed by atoms with van der Waals surface area (Å²) in [6.07, 6.45) is 0. The number of rotatable bonds is 3. The molecule has 0 aliphatic heterocycles. The topological polar surface area (TPSA) is 101 Å². The highest BCUT2D eigenvalue weighted by atomic mass is 32.2. The maximum atomic E-state index is 12.9. The molecule has 0 fully saturated rings. The summed E-state index contributed by atoms with van der Waals surface area (Å²) in [5, 5.41) is 6.34. The minimum Gasteiger partial charge on any atom is -0.398 e. The molecule has 0 aliphatic rings. The lowest BCUT2D eigenvalue weighted by Crippen LogP contribution is -2.15. The molecule has 2 rings (SSSR count). The third kappa shape index (κ3) is 2.43. The first kappa shape index (κ1) is 12.4. The van der Waals surface area contributed by atoms with Crippen LogP contribution in [0.15, 0.2) is 29.2 Å². The van der Waals surface area contributed by atoms with Gasteiger partial charge in [-0.1, -0.05) is 0 Å². The normalized spacial score (nSPS) is 11.4. The van der Waals surface area contributed by atoms with Crippen molar-refractivity contribution in [3.63, 3.8) is 0 Å². The average molecular weight is 270 g/mol. The van der Waals surface area contributed by atoms with Gasteiger partial charge in [0.25, 0.3) is 10.0 Å². The molecule has 2 aromatic rings. The molecule has 0 bridgehead atoms. The smallest absolute Gasteiger partial charge is 0.265 e. The number of hydrogen-bond donors (Lipinski definition) is 3. The van der Waals surface area contributed by atoms with E-state index in [-0.39, 0.29) is 16.4 Å². The van der Waals surface area contributed by atoms with E-state index in [0.29, 0.717) is 5.69 Å². The number of anilines is 2. The second kappa shape index (κ2) is 4.30. The lowest BCUT2D eigenvalue weighted by molar-refractivity contribution is 0.600. The first-order valence-corrected chi connectivity index (χ1v) is 6.46. The highest BCUT2D eigenvalue weighted by Gasteiger charge is 2.18. The van der Waals surface area contributed by atoms with Gasteiger partial charge in [-0.25, -0.2) is 12.8 Å². The molecule has 0 amide bonds. The number of hydrogen-bond acceptors (Lipinski definition) is 4. The Hall–Kier alpha value is -2.09. The summed E-state index contributed by atoms with van der Waals surface area (Å²) in [7, 11) is -3.87. The third-order valence-corrected chi connectivity index (χ3v) is 3.63. The first-order valence-electron chi connectivity index (χ1n) is 4.98. The number of nitrogens with zero attached hydrogens (tertiary/aromatic N) is 1. The fourth-order valence-corrected chi connectivity index (χ4v) is 2.53. The molecule has 1 aromatic carbocycles. The summed E-state index contributed by atoms with van der Waals surface area (Å²) in [5.41, 5.74) is 6.03. The van der Waals surface area contributed by atoms with Crippen molar-refractivity contribution in [1.29, 1.82) is 0 Å². The van der Waals surface area contributed by atoms with Gasteiger partial charge in [-0.05, 0) is 25.1 Å². The lowest BCUT2D eigenvalue weighted by atomic mass is 10.3. The maximum absolute atomic E-state index is 12.9. The van der Waals surface area contributed by atoms with Crippen LogP contribution in [0, 0.1) is 12.7 Å². The van der Waals surface area contributed by atoms with E-state index in [9.17, 15) is 12.8 Å². The number of halogens is 1. The van der Waals surface area contributed by atoms with Crippen LogP contribution in [0.4, 0.5) is 15.9 Å². The molecule has 0 spiro atoms. The SMILES string of the molecule is Cc1cc(NS(=O)(=O)c2ccc(F)cc2N)n[nH]1. The first-order chi connectivity index (χ1) is 8.38. The zero-order valence-electron chi connectivity index (χ0n) is 9.44. The van der Waals surface area contributed by atoms with Crippen LogP contribution in [0.2, 0.25) is 0 Å². The molecule has 0 radical (unpaired) electrons. The van der Waals surface area contributed by atoms with Crippen molar-refractivity contribution in [2.75, 3.05) is 10.5 Å². The van der Waals surface area contributed by atoms with Crippen LogP contribution >= 0.6 is 0 Å². The molecule has 6 nitrogen and oxygen atoms in total. The van der Waals surface area contributed by atoms with E-state index in [0.717, 1.165) is 18.2 Å². The predicted octanol–water partition coefficient (Wildman–Crippen LogP) is 1.24. The van der Waals surface area contributed by atoms with Crippen molar-refractivity contribution in [1.82, 2.24) is 10.2 Å². The van der Waals surface area contributed by atoms with Crippen molar-refractivity contribution in [3.05, 3.63) is 35.8 Å². The Morgan fingerprint density at radius 2 is 2.11 bits per heavy atom. The Morgan fingerprint density at radius 3 is 2.67 bits per heavy atom. The summed E-state index contributed by atoms with van der Waals surface area (Å²) < 4.78 is 39.0. The molecule has 1 aromatic heterocycles. The van der Waals surface area contributed by atoms with E-state index in [2.05, 4.69) is 14.9 Å². The number of aryl methyl sites for hydroxylation is 1. The summed E-state index contributed by atoms with van der Waals surface area (Å²) in [4.78, 5) is -0.190. The van der Waals surface area contributed by atoms with Crippen LogP contribution in [-0.2, 0) is 10.0 Å². The molecule has 0 saturated carbocycles. The summed E-state index contributed by atoms with van der Waals surface area (Å²) >= 11 is 0. The second-order valence-corrected chi connectivity index (χ2v) is 5.37. The van der Waals surface area contributed by atoms with Crippen LogP contribution in [0.5, 0.6) is 0 Å². The second-order valence-electron chi connectivity index (χ2n) is 3.72. The van der Waals surface area contributed by atoms with Gasteiger partial charge in [-0.3, -0.25) is 9.82 Å². The zero-order chi connectivity index (χ0) is 13.3. The maximum Gasteiger partial charge on any atom is 0.265 e. The number of aromatic nitrogens is 2. The number of benzene rings is 1. The van der Waals surface area contributed by atoms with Gasteiger partial charge < -0.3 is 5.73 Å². The van der Waals surface area contributed by atoms with E-state index >= 15 is 0 Å². The van der Waals surface area contributed by atoms with E-state index in [4.69, 9.17) is 5.73 Å². The summed E-state index contributed by atoms with van der Waals surface area (Å²) in [6, 6.07) is 4.61. The van der Waals surface area contributed by atoms with E-state index in [1.165, 1.54) is 6.07 Å². The molecular weight excluding hydrogens is 259 g/mol. The molecule has 96 valence electrons. The zero-order valence-corrected chi connectivity index (χ0v) is 10.3. The molecule has 0 atom stereocenters. The summed E-state index contributed by atoms with van der Waals surface area (Å²) in [5.74, 6) is -0.446. The van der Waals surface area contributed by atoms with Crippen LogP contribution in [0.25, 0.3) is 0 Å². The monoisotopic (exact) mass is 270 g/mol. The van der Waals surface area contributed by atoms with Gasteiger partial charge in [0.05, 0.1) is 5.69 Å². The fraction of sp³-hybridized carbons (Fsp3) is 0.100. The largest absolute Gasteiger partial charge is 0.398 e. The van der Waals surface area contributed by atoms with Crippen LogP contribution in [0.1, 0.15) is 5.69 Å². The Balaban J connectivity index is 2.36. The number of sulfonamides is 1. The molecule has 18 heavy (non-hydrogen) atoms. The highest BCUT2D eigenvalue weighted by molar-refractivity contribution is 7.92. The molecule has 0 saturated heterocycles. The predicted molar refractivity (Wildman–Crippen MR) is 64.9 cm³/mol. The highest BCUT2D eigenvalue weighted by Crippen LogP contribution is 2.21. The lowest BCUT2D eigenvalue weighted by Gasteiger charge is -2.07. The van der Waals surface area contributed by atoms with Gasteiger partial charge in [-0.2, -0.15) is 5.10 Å².